The van der Waals surface area contributed by atoms with Gasteiger partial charge in [0.05, 0.1) is 22.5 Å². The highest BCUT2D eigenvalue weighted by Crippen LogP contribution is 2.07. The van der Waals surface area contributed by atoms with Gasteiger partial charge >= 0.3 is 0 Å². The lowest BCUT2D eigenvalue weighted by Gasteiger charge is -2.18. The van der Waals surface area contributed by atoms with Crippen LogP contribution in [0.25, 0.3) is 0 Å². The van der Waals surface area contributed by atoms with Crippen LogP contribution in [0.5, 0.6) is 0 Å². The lowest BCUT2D eigenvalue weighted by Crippen LogP contribution is -2.41. The second kappa shape index (κ2) is 5.01. The summed E-state index contributed by atoms with van der Waals surface area (Å²) in [6.45, 7) is 6.27. The summed E-state index contributed by atoms with van der Waals surface area (Å²) < 4.78 is 46.0. The van der Waals surface area contributed by atoms with Crippen LogP contribution in [0.1, 0.15) is 27.7 Å². The van der Waals surface area contributed by atoms with Crippen molar-refractivity contribution in [2.45, 2.75) is 38.5 Å². The fourth-order valence-corrected chi connectivity index (χ4v) is 4.81. The van der Waals surface area contributed by atoms with Crippen LogP contribution >= 0.6 is 0 Å². The van der Waals surface area contributed by atoms with E-state index >= 15 is 0 Å². The molecule has 7 heteroatoms. The SMILES string of the molecule is CC(C)S(=O)(=O)CCS(=O)(=O)CC(C)(C)N. The molecule has 0 radical (unpaired) electrons. The second-order valence-corrected chi connectivity index (χ2v) is 9.86. The Morgan fingerprint density at radius 3 is 1.81 bits per heavy atom. The van der Waals surface area contributed by atoms with Crippen molar-refractivity contribution < 1.29 is 16.8 Å². The fraction of sp³-hybridized carbons (Fsp3) is 1.00. The van der Waals surface area contributed by atoms with Crippen molar-refractivity contribution in [3.63, 3.8) is 0 Å². The van der Waals surface area contributed by atoms with E-state index < -0.39 is 30.5 Å². The summed E-state index contributed by atoms with van der Waals surface area (Å²) in [5, 5.41) is -0.548. The smallest absolute Gasteiger partial charge is 0.153 e. The van der Waals surface area contributed by atoms with Crippen molar-refractivity contribution >= 4 is 19.7 Å². The van der Waals surface area contributed by atoms with Crippen LogP contribution in [0.2, 0.25) is 0 Å². The van der Waals surface area contributed by atoms with Crippen molar-refractivity contribution in [2.24, 2.45) is 5.73 Å². The second-order valence-electron chi connectivity index (χ2n) is 5.00. The summed E-state index contributed by atoms with van der Waals surface area (Å²) in [4.78, 5) is 0. The lowest BCUT2D eigenvalue weighted by atomic mass is 10.1. The van der Waals surface area contributed by atoms with E-state index in [0.29, 0.717) is 0 Å². The standard InChI is InChI=1S/C9H21NO4S2/c1-8(2)16(13,14)6-5-15(11,12)7-9(3,4)10/h8H,5-7,10H2,1-4H3. The van der Waals surface area contributed by atoms with Gasteiger partial charge < -0.3 is 5.73 Å². The van der Waals surface area contributed by atoms with Crippen molar-refractivity contribution in [1.29, 1.82) is 0 Å². The molecule has 0 aromatic rings. The molecule has 2 N–H and O–H groups in total. The Hall–Kier alpha value is -0.140. The average molecular weight is 271 g/mol. The molecule has 0 bridgehead atoms. The van der Waals surface area contributed by atoms with Gasteiger partial charge in [-0.05, 0) is 27.7 Å². The van der Waals surface area contributed by atoms with Crippen LogP contribution in [0.15, 0.2) is 0 Å². The Balaban J connectivity index is 4.55. The Morgan fingerprint density at radius 2 is 1.50 bits per heavy atom. The summed E-state index contributed by atoms with van der Waals surface area (Å²) in [5.41, 5.74) is 4.76. The van der Waals surface area contributed by atoms with E-state index in [4.69, 9.17) is 5.73 Å². The normalized spacial score (nSPS) is 14.4. The molecule has 0 fully saturated rings. The predicted octanol–water partition coefficient (Wildman–Crippen LogP) is -0.0383. The van der Waals surface area contributed by atoms with Crippen molar-refractivity contribution in [1.82, 2.24) is 0 Å². The molecule has 0 saturated heterocycles. The number of sulfone groups is 2. The van der Waals surface area contributed by atoms with E-state index in [1.165, 1.54) is 13.8 Å². The van der Waals surface area contributed by atoms with Crippen molar-refractivity contribution in [3.05, 3.63) is 0 Å². The van der Waals surface area contributed by atoms with Crippen molar-refractivity contribution in [3.8, 4) is 0 Å². The summed E-state index contributed by atoms with van der Waals surface area (Å²) in [5.74, 6) is -0.884. The minimum absolute atomic E-state index is 0.201. The maximum Gasteiger partial charge on any atom is 0.153 e. The summed E-state index contributed by atoms with van der Waals surface area (Å²) in [6.07, 6.45) is 0. The summed E-state index contributed by atoms with van der Waals surface area (Å²) in [6, 6.07) is 0. The molecule has 0 heterocycles. The Morgan fingerprint density at radius 1 is 1.06 bits per heavy atom. The Bertz CT molecular complexity index is 415. The zero-order valence-corrected chi connectivity index (χ0v) is 11.9. The van der Waals surface area contributed by atoms with E-state index in [2.05, 4.69) is 0 Å². The Kier molecular flexibility index (Phi) is 4.97. The maximum atomic E-state index is 11.6. The molecule has 0 aliphatic rings. The molecule has 0 spiro atoms. The van der Waals surface area contributed by atoms with Gasteiger partial charge in [0.15, 0.2) is 19.7 Å². The van der Waals surface area contributed by atoms with Crippen LogP contribution < -0.4 is 5.73 Å². The van der Waals surface area contributed by atoms with E-state index in [-0.39, 0.29) is 17.3 Å². The highest BCUT2D eigenvalue weighted by molar-refractivity contribution is 7.95. The first kappa shape index (κ1) is 15.9. The third kappa shape index (κ3) is 6.44. The van der Waals surface area contributed by atoms with E-state index in [9.17, 15) is 16.8 Å². The number of nitrogens with two attached hydrogens (primary N) is 1. The zero-order valence-electron chi connectivity index (χ0n) is 10.2. The molecular weight excluding hydrogens is 250 g/mol. The van der Waals surface area contributed by atoms with E-state index in [1.54, 1.807) is 13.8 Å². The van der Waals surface area contributed by atoms with Crippen LogP contribution in [0.3, 0.4) is 0 Å². The van der Waals surface area contributed by atoms with Gasteiger partial charge in [-0.1, -0.05) is 0 Å². The maximum absolute atomic E-state index is 11.6. The molecule has 0 aliphatic carbocycles. The van der Waals surface area contributed by atoms with Crippen LogP contribution in [-0.2, 0) is 19.7 Å². The van der Waals surface area contributed by atoms with Gasteiger partial charge in [-0.3, -0.25) is 0 Å². The van der Waals surface area contributed by atoms with Crippen molar-refractivity contribution in [2.75, 3.05) is 17.3 Å². The third-order valence-corrected chi connectivity index (χ3v) is 6.47. The molecule has 0 aromatic heterocycles. The first-order valence-electron chi connectivity index (χ1n) is 5.07. The third-order valence-electron chi connectivity index (χ3n) is 1.99. The average Bonchev–Trinajstić information content (AvgIpc) is 1.96. The van der Waals surface area contributed by atoms with Crippen LogP contribution in [0, 0.1) is 0 Å². The first-order chi connectivity index (χ1) is 6.86. The molecule has 5 nitrogen and oxygen atoms in total. The van der Waals surface area contributed by atoms with E-state index in [1.807, 2.05) is 0 Å². The molecule has 0 unspecified atom stereocenters. The predicted molar refractivity (Wildman–Crippen MR) is 65.8 cm³/mol. The minimum atomic E-state index is -3.41. The zero-order chi connectivity index (χ0) is 13.2. The molecule has 0 aromatic carbocycles. The molecule has 0 rings (SSSR count). The van der Waals surface area contributed by atoms with Gasteiger partial charge in [0.25, 0.3) is 0 Å². The lowest BCUT2D eigenvalue weighted by molar-refractivity contribution is 0.544. The molecule has 0 amide bonds. The number of rotatable bonds is 6. The fourth-order valence-electron chi connectivity index (χ4n) is 1.12. The molecule has 16 heavy (non-hydrogen) atoms. The molecule has 98 valence electrons. The highest BCUT2D eigenvalue weighted by atomic mass is 32.2. The highest BCUT2D eigenvalue weighted by Gasteiger charge is 2.25. The minimum Gasteiger partial charge on any atom is -0.325 e. The quantitative estimate of drug-likeness (QED) is 0.731. The molecule has 0 saturated carbocycles. The largest absolute Gasteiger partial charge is 0.325 e. The number of hydrogen-bond acceptors (Lipinski definition) is 5. The van der Waals surface area contributed by atoms with Gasteiger partial charge in [-0.2, -0.15) is 0 Å². The van der Waals surface area contributed by atoms with Gasteiger partial charge in [0.1, 0.15) is 0 Å². The van der Waals surface area contributed by atoms with Crippen LogP contribution in [-0.4, -0.2) is 44.9 Å². The number of hydrogen-bond donors (Lipinski definition) is 1. The monoisotopic (exact) mass is 271 g/mol. The Labute approximate surface area is 98.2 Å². The first-order valence-corrected chi connectivity index (χ1v) is 8.60. The summed E-state index contributed by atoms with van der Waals surface area (Å²) >= 11 is 0. The van der Waals surface area contributed by atoms with Gasteiger partial charge in [0, 0.05) is 5.54 Å². The molecular formula is C9H21NO4S2. The topological polar surface area (TPSA) is 94.3 Å². The van der Waals surface area contributed by atoms with E-state index in [0.717, 1.165) is 0 Å². The van der Waals surface area contributed by atoms with Crippen LogP contribution in [0.4, 0.5) is 0 Å². The molecule has 0 aliphatic heterocycles. The van der Waals surface area contributed by atoms with Gasteiger partial charge in [0.2, 0.25) is 0 Å². The van der Waals surface area contributed by atoms with Gasteiger partial charge in [-0.15, -0.1) is 0 Å². The van der Waals surface area contributed by atoms with Gasteiger partial charge in [-0.25, -0.2) is 16.8 Å². The molecule has 0 atom stereocenters. The summed E-state index contributed by atoms with van der Waals surface area (Å²) in [7, 11) is -6.72.